The lowest BCUT2D eigenvalue weighted by Gasteiger charge is -2.19. The normalized spacial score (nSPS) is 21.5. The van der Waals surface area contributed by atoms with Crippen LogP contribution in [0.2, 0.25) is 10.0 Å². The van der Waals surface area contributed by atoms with Gasteiger partial charge in [0.15, 0.2) is 0 Å². The van der Waals surface area contributed by atoms with E-state index in [1.807, 2.05) is 0 Å². The number of aromatic nitrogens is 1. The molecular weight excluding hydrogens is 368 g/mol. The number of hydrogen-bond acceptors (Lipinski definition) is 3. The van der Waals surface area contributed by atoms with E-state index in [1.54, 1.807) is 24.3 Å². The van der Waals surface area contributed by atoms with Crippen molar-refractivity contribution in [2.24, 2.45) is 11.8 Å². The Hall–Kier alpha value is -1.73. The molecule has 0 unspecified atom stereocenters. The summed E-state index contributed by atoms with van der Waals surface area (Å²) in [6.07, 6.45) is -4.59. The van der Waals surface area contributed by atoms with Gasteiger partial charge in [-0.25, -0.2) is 4.98 Å². The van der Waals surface area contributed by atoms with Gasteiger partial charge in [0.05, 0.1) is 27.4 Å². The van der Waals surface area contributed by atoms with Crippen LogP contribution in [-0.4, -0.2) is 35.3 Å². The van der Waals surface area contributed by atoms with Crippen molar-refractivity contribution in [1.29, 1.82) is 0 Å². The van der Waals surface area contributed by atoms with Crippen molar-refractivity contribution >= 4 is 45.9 Å². The number of carboxylic acid groups (broad SMARTS) is 1. The smallest absolute Gasteiger partial charge is 0.394 e. The number of nitrogens with zero attached hydrogens (tertiary/aromatic N) is 2. The van der Waals surface area contributed by atoms with Gasteiger partial charge in [-0.2, -0.15) is 13.2 Å². The summed E-state index contributed by atoms with van der Waals surface area (Å²) in [5.41, 5.74) is 0.365. The molecule has 0 bridgehead atoms. The lowest BCUT2D eigenvalue weighted by Crippen LogP contribution is -2.33. The molecule has 1 saturated heterocycles. The van der Waals surface area contributed by atoms with Crippen LogP contribution in [0.15, 0.2) is 24.3 Å². The minimum atomic E-state index is -4.59. The van der Waals surface area contributed by atoms with Crippen molar-refractivity contribution < 1.29 is 23.1 Å². The molecule has 2 atom stereocenters. The molecule has 1 fully saturated rings. The van der Waals surface area contributed by atoms with Crippen molar-refractivity contribution in [3.8, 4) is 0 Å². The summed E-state index contributed by atoms with van der Waals surface area (Å²) >= 11 is 12.0. The number of aliphatic carboxylic acids is 1. The fourth-order valence-corrected chi connectivity index (χ4v) is 3.23. The molecule has 0 aliphatic carbocycles. The second kappa shape index (κ2) is 5.97. The maximum atomic E-state index is 13.1. The molecule has 1 aromatic heterocycles. The number of carboxylic acids is 1. The third-order valence-electron chi connectivity index (χ3n) is 4.12. The van der Waals surface area contributed by atoms with Gasteiger partial charge in [-0.15, -0.1) is 0 Å². The molecule has 1 N–H and O–H groups in total. The molecular formula is C15H11Cl2F3N2O2. The van der Waals surface area contributed by atoms with Crippen LogP contribution in [0.25, 0.3) is 10.9 Å². The third-order valence-corrected chi connectivity index (χ3v) is 4.91. The van der Waals surface area contributed by atoms with E-state index in [4.69, 9.17) is 28.3 Å². The van der Waals surface area contributed by atoms with Crippen molar-refractivity contribution in [3.63, 3.8) is 0 Å². The van der Waals surface area contributed by atoms with Gasteiger partial charge in [0.2, 0.25) is 0 Å². The van der Waals surface area contributed by atoms with E-state index in [0.29, 0.717) is 10.9 Å². The summed E-state index contributed by atoms with van der Waals surface area (Å²) in [6.45, 7) is -0.729. The van der Waals surface area contributed by atoms with Gasteiger partial charge in [-0.1, -0.05) is 29.3 Å². The first-order chi connectivity index (χ1) is 11.2. The standard InChI is InChI=1S/C15H11Cl2F3N2O2/c16-10-3-1-7-2-4-11(21-13(7)12(10)17)22-5-8(14(23)24)9(6-22)15(18,19)20/h1-4,8-9H,5-6H2,(H,23,24)/t8-,9-/m1/s1. The van der Waals surface area contributed by atoms with E-state index >= 15 is 0 Å². The van der Waals surface area contributed by atoms with E-state index in [1.165, 1.54) is 4.90 Å². The van der Waals surface area contributed by atoms with Gasteiger partial charge in [-0.3, -0.25) is 4.79 Å². The molecule has 9 heteroatoms. The summed E-state index contributed by atoms with van der Waals surface area (Å²) in [5.74, 6) is -4.70. The van der Waals surface area contributed by atoms with Gasteiger partial charge < -0.3 is 10.0 Å². The third kappa shape index (κ3) is 2.98. The second-order valence-electron chi connectivity index (χ2n) is 5.60. The van der Waals surface area contributed by atoms with E-state index in [9.17, 15) is 18.0 Å². The van der Waals surface area contributed by atoms with Crippen molar-refractivity contribution in [3.05, 3.63) is 34.3 Å². The topological polar surface area (TPSA) is 53.4 Å². The lowest BCUT2D eigenvalue weighted by atomic mass is 9.96. The number of halogens is 5. The van der Waals surface area contributed by atoms with Crippen LogP contribution in [0.1, 0.15) is 0 Å². The Labute approximate surface area is 144 Å². The van der Waals surface area contributed by atoms with Crippen molar-refractivity contribution in [2.75, 3.05) is 18.0 Å². The van der Waals surface area contributed by atoms with Crippen molar-refractivity contribution in [2.45, 2.75) is 6.18 Å². The van der Waals surface area contributed by atoms with Crippen LogP contribution in [0.4, 0.5) is 19.0 Å². The molecule has 0 radical (unpaired) electrons. The Morgan fingerprint density at radius 1 is 1.21 bits per heavy atom. The highest BCUT2D eigenvalue weighted by Gasteiger charge is 2.52. The van der Waals surface area contributed by atoms with E-state index < -0.39 is 30.5 Å². The highest BCUT2D eigenvalue weighted by Crippen LogP contribution is 2.39. The number of benzene rings is 1. The van der Waals surface area contributed by atoms with Crippen LogP contribution >= 0.6 is 23.2 Å². The highest BCUT2D eigenvalue weighted by molar-refractivity contribution is 6.45. The van der Waals surface area contributed by atoms with Crippen LogP contribution in [0, 0.1) is 11.8 Å². The van der Waals surface area contributed by atoms with Crippen LogP contribution in [0.3, 0.4) is 0 Å². The zero-order valence-electron chi connectivity index (χ0n) is 12.0. The Morgan fingerprint density at radius 3 is 2.46 bits per heavy atom. The number of alkyl halides is 3. The van der Waals surface area contributed by atoms with Crippen molar-refractivity contribution in [1.82, 2.24) is 4.98 Å². The summed E-state index contributed by atoms with van der Waals surface area (Å²) in [5, 5.41) is 10.3. The molecule has 1 aromatic carbocycles. The first kappa shape index (κ1) is 17.1. The summed E-state index contributed by atoms with van der Waals surface area (Å²) in [4.78, 5) is 16.8. The summed E-state index contributed by atoms with van der Waals surface area (Å²) in [7, 11) is 0. The van der Waals surface area contributed by atoms with Crippen LogP contribution in [-0.2, 0) is 4.79 Å². The Balaban J connectivity index is 1.99. The number of fused-ring (bicyclic) bond motifs is 1. The first-order valence-corrected chi connectivity index (χ1v) is 7.73. The lowest BCUT2D eigenvalue weighted by molar-refractivity contribution is -0.187. The SMILES string of the molecule is O=C(O)[C@@H]1CN(c2ccc3ccc(Cl)c(Cl)c3n2)C[C@H]1C(F)(F)F. The zero-order chi connectivity index (χ0) is 17.6. The van der Waals surface area contributed by atoms with E-state index in [-0.39, 0.29) is 22.4 Å². The van der Waals surface area contributed by atoms with Gasteiger partial charge in [-0.05, 0) is 18.2 Å². The second-order valence-corrected chi connectivity index (χ2v) is 6.39. The van der Waals surface area contributed by atoms with E-state index in [0.717, 1.165) is 0 Å². The van der Waals surface area contributed by atoms with Gasteiger partial charge in [0.1, 0.15) is 5.82 Å². The average Bonchev–Trinajstić information content (AvgIpc) is 2.96. The molecule has 0 amide bonds. The Morgan fingerprint density at radius 2 is 1.88 bits per heavy atom. The van der Waals surface area contributed by atoms with Gasteiger partial charge in [0.25, 0.3) is 0 Å². The predicted molar refractivity (Wildman–Crippen MR) is 84.6 cm³/mol. The van der Waals surface area contributed by atoms with Gasteiger partial charge >= 0.3 is 12.1 Å². The molecule has 3 rings (SSSR count). The Bertz CT molecular complexity index is 813. The number of rotatable bonds is 2. The largest absolute Gasteiger partial charge is 0.481 e. The Kier molecular flexibility index (Phi) is 4.25. The molecule has 0 spiro atoms. The first-order valence-electron chi connectivity index (χ1n) is 6.97. The quantitative estimate of drug-likeness (QED) is 0.848. The zero-order valence-corrected chi connectivity index (χ0v) is 13.5. The van der Waals surface area contributed by atoms with E-state index in [2.05, 4.69) is 4.98 Å². The molecule has 24 heavy (non-hydrogen) atoms. The maximum absolute atomic E-state index is 13.1. The molecule has 4 nitrogen and oxygen atoms in total. The molecule has 1 aliphatic heterocycles. The summed E-state index contributed by atoms with van der Waals surface area (Å²) < 4.78 is 39.2. The van der Waals surface area contributed by atoms with Gasteiger partial charge in [0, 0.05) is 18.5 Å². The monoisotopic (exact) mass is 378 g/mol. The fraction of sp³-hybridized carbons (Fsp3) is 0.333. The number of hydrogen-bond donors (Lipinski definition) is 1. The van der Waals surface area contributed by atoms with Crippen LogP contribution in [0.5, 0.6) is 0 Å². The maximum Gasteiger partial charge on any atom is 0.394 e. The average molecular weight is 379 g/mol. The number of anilines is 1. The summed E-state index contributed by atoms with van der Waals surface area (Å²) in [6, 6.07) is 6.51. The predicted octanol–water partition coefficient (Wildman–Crippen LogP) is 4.24. The minimum absolute atomic E-state index is 0.206. The molecule has 128 valence electrons. The number of pyridine rings is 1. The molecule has 2 aromatic rings. The highest BCUT2D eigenvalue weighted by atomic mass is 35.5. The minimum Gasteiger partial charge on any atom is -0.481 e. The number of carbonyl (C=O) groups is 1. The van der Waals surface area contributed by atoms with Crippen LogP contribution < -0.4 is 4.90 Å². The molecule has 0 saturated carbocycles. The molecule has 2 heterocycles. The molecule has 1 aliphatic rings. The fourth-order valence-electron chi connectivity index (χ4n) is 2.87.